The molecule has 22 heavy (non-hydrogen) atoms. The molecule has 1 amide bonds. The van der Waals surface area contributed by atoms with Gasteiger partial charge in [0.05, 0.1) is 16.7 Å². The average molecular weight is 320 g/mol. The highest BCUT2D eigenvalue weighted by Gasteiger charge is 2.15. The van der Waals surface area contributed by atoms with E-state index < -0.39 is 10.8 Å². The second-order valence-corrected chi connectivity index (χ2v) is 4.65. The molecular formula is C14H10ClN3O4. The number of phenols is 1. The molecule has 8 heteroatoms. The van der Waals surface area contributed by atoms with Gasteiger partial charge >= 0.3 is 0 Å². The molecular weight excluding hydrogens is 310 g/mol. The number of nitrogens with one attached hydrogen (secondary N) is 1. The SMILES string of the molecule is O=C(N/N=C/c1ccc(Cl)cc1)c1cc([N+](=O)[O-])ccc1O. The van der Waals surface area contributed by atoms with Crippen molar-refractivity contribution in [3.05, 3.63) is 68.7 Å². The van der Waals surface area contributed by atoms with E-state index >= 15 is 0 Å². The zero-order chi connectivity index (χ0) is 16.1. The van der Waals surface area contributed by atoms with Crippen LogP contribution in [-0.4, -0.2) is 22.2 Å². The molecule has 7 nitrogen and oxygen atoms in total. The quantitative estimate of drug-likeness (QED) is 0.513. The standard InChI is InChI=1S/C14H10ClN3O4/c15-10-3-1-9(2-4-10)8-16-17-14(20)12-7-11(18(21)22)5-6-13(12)19/h1-8,19H,(H,17,20)/b16-8+. The monoisotopic (exact) mass is 319 g/mol. The van der Waals surface area contributed by atoms with Gasteiger partial charge in [0.2, 0.25) is 0 Å². The van der Waals surface area contributed by atoms with Gasteiger partial charge in [-0.2, -0.15) is 5.10 Å². The summed E-state index contributed by atoms with van der Waals surface area (Å²) in [7, 11) is 0. The van der Waals surface area contributed by atoms with Gasteiger partial charge in [-0.3, -0.25) is 14.9 Å². The molecule has 0 aliphatic rings. The Hall–Kier alpha value is -2.93. The first-order valence-electron chi connectivity index (χ1n) is 6.04. The molecule has 2 aromatic rings. The van der Waals surface area contributed by atoms with Crippen molar-refractivity contribution in [3.63, 3.8) is 0 Å². The number of hydrazone groups is 1. The zero-order valence-corrected chi connectivity index (χ0v) is 11.8. The summed E-state index contributed by atoms with van der Waals surface area (Å²) in [5, 5.41) is 24.5. The number of aromatic hydroxyl groups is 1. The van der Waals surface area contributed by atoms with Crippen molar-refractivity contribution >= 4 is 29.4 Å². The Morgan fingerprint density at radius 3 is 2.59 bits per heavy atom. The lowest BCUT2D eigenvalue weighted by Crippen LogP contribution is -2.17. The molecule has 0 spiro atoms. The van der Waals surface area contributed by atoms with Crippen LogP contribution in [0.1, 0.15) is 15.9 Å². The third kappa shape index (κ3) is 3.80. The number of nitro benzene ring substituents is 1. The number of amides is 1. The molecule has 0 aliphatic carbocycles. The van der Waals surface area contributed by atoms with Crippen LogP contribution < -0.4 is 5.43 Å². The molecule has 2 rings (SSSR count). The number of rotatable bonds is 4. The lowest BCUT2D eigenvalue weighted by atomic mass is 10.1. The highest BCUT2D eigenvalue weighted by molar-refractivity contribution is 6.30. The Balaban J connectivity index is 2.10. The van der Waals surface area contributed by atoms with E-state index in [2.05, 4.69) is 10.5 Å². The fourth-order valence-corrected chi connectivity index (χ4v) is 1.72. The predicted molar refractivity (Wildman–Crippen MR) is 81.3 cm³/mol. The van der Waals surface area contributed by atoms with E-state index in [1.807, 2.05) is 0 Å². The van der Waals surface area contributed by atoms with Gasteiger partial charge in [-0.1, -0.05) is 23.7 Å². The molecule has 0 aliphatic heterocycles. The Kier molecular flexibility index (Phi) is 4.70. The normalized spacial score (nSPS) is 10.6. The van der Waals surface area contributed by atoms with E-state index in [0.717, 1.165) is 18.2 Å². The van der Waals surface area contributed by atoms with Gasteiger partial charge in [0.15, 0.2) is 0 Å². The Morgan fingerprint density at radius 1 is 1.27 bits per heavy atom. The number of hydrogen-bond acceptors (Lipinski definition) is 5. The maximum atomic E-state index is 11.9. The zero-order valence-electron chi connectivity index (χ0n) is 11.1. The predicted octanol–water partition coefficient (Wildman–Crippen LogP) is 2.72. The Morgan fingerprint density at radius 2 is 1.95 bits per heavy atom. The molecule has 0 fully saturated rings. The topological polar surface area (TPSA) is 105 Å². The van der Waals surface area contributed by atoms with Crippen molar-refractivity contribution in [2.75, 3.05) is 0 Å². The number of phenolic OH excluding ortho intramolecular Hbond substituents is 1. The molecule has 0 aromatic heterocycles. The molecule has 0 atom stereocenters. The number of carbonyl (C=O) groups is 1. The molecule has 0 radical (unpaired) electrons. The second-order valence-electron chi connectivity index (χ2n) is 4.21. The van der Waals surface area contributed by atoms with Gasteiger partial charge < -0.3 is 5.11 Å². The van der Waals surface area contributed by atoms with Gasteiger partial charge in [0, 0.05) is 17.2 Å². The van der Waals surface area contributed by atoms with Crippen LogP contribution in [0.25, 0.3) is 0 Å². The first-order valence-corrected chi connectivity index (χ1v) is 6.41. The van der Waals surface area contributed by atoms with Crippen LogP contribution in [-0.2, 0) is 0 Å². The maximum Gasteiger partial charge on any atom is 0.275 e. The molecule has 0 saturated carbocycles. The number of nitro groups is 1. The van der Waals surface area contributed by atoms with Crippen LogP contribution in [0.5, 0.6) is 5.75 Å². The first kappa shape index (κ1) is 15.5. The van der Waals surface area contributed by atoms with Gasteiger partial charge in [0.1, 0.15) is 5.75 Å². The van der Waals surface area contributed by atoms with E-state index in [1.165, 1.54) is 6.21 Å². The number of nitrogens with zero attached hydrogens (tertiary/aromatic N) is 2. The largest absolute Gasteiger partial charge is 0.507 e. The third-order valence-corrected chi connectivity index (χ3v) is 2.94. The van der Waals surface area contributed by atoms with Crippen LogP contribution >= 0.6 is 11.6 Å². The molecule has 112 valence electrons. The summed E-state index contributed by atoms with van der Waals surface area (Å²) in [5.41, 5.74) is 2.35. The first-order chi connectivity index (χ1) is 10.5. The summed E-state index contributed by atoms with van der Waals surface area (Å²) in [4.78, 5) is 21.9. The van der Waals surface area contributed by atoms with Gasteiger partial charge in [-0.15, -0.1) is 0 Å². The summed E-state index contributed by atoms with van der Waals surface area (Å²) in [5.74, 6) is -1.13. The minimum absolute atomic E-state index is 0.234. The van der Waals surface area contributed by atoms with E-state index in [-0.39, 0.29) is 17.0 Å². The van der Waals surface area contributed by atoms with Gasteiger partial charge in [-0.25, -0.2) is 5.43 Å². The van der Waals surface area contributed by atoms with E-state index in [0.29, 0.717) is 10.6 Å². The number of non-ortho nitro benzene ring substituents is 1. The molecule has 0 bridgehead atoms. The molecule has 0 heterocycles. The molecule has 0 unspecified atom stereocenters. The van der Waals surface area contributed by atoms with Crippen molar-refractivity contribution in [1.29, 1.82) is 0 Å². The van der Waals surface area contributed by atoms with Crippen molar-refractivity contribution < 1.29 is 14.8 Å². The number of hydrogen-bond donors (Lipinski definition) is 2. The van der Waals surface area contributed by atoms with E-state index in [1.54, 1.807) is 24.3 Å². The second kappa shape index (κ2) is 6.68. The summed E-state index contributed by atoms with van der Waals surface area (Å²) >= 11 is 5.74. The Bertz CT molecular complexity index is 744. The number of carbonyl (C=O) groups excluding carboxylic acids is 1. The van der Waals surface area contributed by atoms with Crippen LogP contribution in [0.3, 0.4) is 0 Å². The highest BCUT2D eigenvalue weighted by atomic mass is 35.5. The summed E-state index contributed by atoms with van der Waals surface area (Å²) in [6.07, 6.45) is 1.38. The molecule has 0 saturated heterocycles. The van der Waals surface area contributed by atoms with Crippen LogP contribution in [0, 0.1) is 10.1 Å². The highest BCUT2D eigenvalue weighted by Crippen LogP contribution is 2.22. The lowest BCUT2D eigenvalue weighted by Gasteiger charge is -2.02. The van der Waals surface area contributed by atoms with Crippen LogP contribution in [0.2, 0.25) is 5.02 Å². The van der Waals surface area contributed by atoms with Crippen molar-refractivity contribution in [2.45, 2.75) is 0 Å². The minimum atomic E-state index is -0.758. The summed E-state index contributed by atoms with van der Waals surface area (Å²) < 4.78 is 0. The lowest BCUT2D eigenvalue weighted by molar-refractivity contribution is -0.384. The van der Waals surface area contributed by atoms with Crippen LogP contribution in [0.4, 0.5) is 5.69 Å². The molecule has 2 aromatic carbocycles. The van der Waals surface area contributed by atoms with Crippen molar-refractivity contribution in [1.82, 2.24) is 5.43 Å². The number of halogens is 1. The fraction of sp³-hybridized carbons (Fsp3) is 0. The third-order valence-electron chi connectivity index (χ3n) is 2.69. The summed E-state index contributed by atoms with van der Waals surface area (Å²) in [6.45, 7) is 0. The smallest absolute Gasteiger partial charge is 0.275 e. The van der Waals surface area contributed by atoms with E-state index in [9.17, 15) is 20.0 Å². The van der Waals surface area contributed by atoms with Crippen LogP contribution in [0.15, 0.2) is 47.6 Å². The fourth-order valence-electron chi connectivity index (χ4n) is 1.59. The summed E-state index contributed by atoms with van der Waals surface area (Å²) in [6, 6.07) is 9.88. The van der Waals surface area contributed by atoms with Crippen molar-refractivity contribution in [2.24, 2.45) is 5.10 Å². The van der Waals surface area contributed by atoms with E-state index in [4.69, 9.17) is 11.6 Å². The van der Waals surface area contributed by atoms with Gasteiger partial charge in [0.25, 0.3) is 11.6 Å². The maximum absolute atomic E-state index is 11.9. The number of benzene rings is 2. The molecule has 2 N–H and O–H groups in total. The minimum Gasteiger partial charge on any atom is -0.507 e. The van der Waals surface area contributed by atoms with Gasteiger partial charge in [-0.05, 0) is 23.8 Å². The average Bonchev–Trinajstić information content (AvgIpc) is 2.49. The Labute approximate surface area is 130 Å². The van der Waals surface area contributed by atoms with Crippen molar-refractivity contribution in [3.8, 4) is 5.75 Å².